The number of carbonyl (C=O) groups excluding carboxylic acids is 2. The largest absolute Gasteiger partial charge is 0.488 e. The summed E-state index contributed by atoms with van der Waals surface area (Å²) < 4.78 is 5.71. The van der Waals surface area contributed by atoms with Crippen molar-refractivity contribution in [2.75, 3.05) is 5.32 Å². The van der Waals surface area contributed by atoms with E-state index in [1.165, 1.54) is 0 Å². The van der Waals surface area contributed by atoms with Crippen LogP contribution in [0.1, 0.15) is 31.8 Å². The third-order valence-electron chi connectivity index (χ3n) is 4.02. The van der Waals surface area contributed by atoms with E-state index in [1.54, 1.807) is 66.7 Å². The van der Waals surface area contributed by atoms with E-state index in [0.717, 1.165) is 5.56 Å². The van der Waals surface area contributed by atoms with Crippen molar-refractivity contribution >= 4 is 17.5 Å². The number of hydrogen-bond acceptors (Lipinski definition) is 3. The molecule has 28 heavy (non-hydrogen) atoms. The van der Waals surface area contributed by atoms with Gasteiger partial charge in [0.05, 0.1) is 5.56 Å². The molecule has 0 saturated carbocycles. The molecule has 0 unspecified atom stereocenters. The van der Waals surface area contributed by atoms with Crippen molar-refractivity contribution in [1.82, 2.24) is 0 Å². The second-order valence-corrected chi connectivity index (χ2v) is 6.03. The van der Waals surface area contributed by atoms with E-state index >= 15 is 0 Å². The lowest BCUT2D eigenvalue weighted by Gasteiger charge is -2.11. The molecule has 0 heterocycles. The molecule has 138 valence electrons. The van der Waals surface area contributed by atoms with Gasteiger partial charge in [0.2, 0.25) is 0 Å². The van der Waals surface area contributed by atoms with Crippen LogP contribution < -0.4 is 15.8 Å². The van der Waals surface area contributed by atoms with Crippen LogP contribution in [0.3, 0.4) is 0 Å². The van der Waals surface area contributed by atoms with Gasteiger partial charge in [-0.05, 0) is 48.0 Å². The van der Waals surface area contributed by atoms with Crippen LogP contribution >= 0.6 is 0 Å². The number of carbonyl (C=O) groups is 2. The first-order valence-electron chi connectivity index (χ1n) is 8.55. The Labute approximate surface area is 163 Å². The second-order valence-electron chi connectivity index (χ2n) is 6.03. The van der Waals surface area contributed by atoms with Gasteiger partial charge in [0, 0.05) is 16.8 Å². The molecule has 3 aromatic carbocycles. The maximum Gasteiger partial charge on any atom is 0.255 e. The smallest absolute Gasteiger partial charge is 0.255 e. The monoisotopic (exact) mass is 370 g/mol. The van der Waals surface area contributed by atoms with Gasteiger partial charge >= 0.3 is 0 Å². The molecule has 3 rings (SSSR count). The summed E-state index contributed by atoms with van der Waals surface area (Å²) in [6.45, 7) is 0.192. The van der Waals surface area contributed by atoms with E-state index in [0.29, 0.717) is 28.1 Å². The van der Waals surface area contributed by atoms with Gasteiger partial charge < -0.3 is 15.8 Å². The number of terminal acetylenes is 1. The SMILES string of the molecule is C#Cc1cccc(NC(=O)c2cccc(COc3ccccc3C(N)=O)c2)c1. The maximum absolute atomic E-state index is 12.5. The van der Waals surface area contributed by atoms with Gasteiger partial charge in [0.1, 0.15) is 12.4 Å². The summed E-state index contributed by atoms with van der Waals surface area (Å²) in [6, 6.07) is 20.9. The molecule has 5 heteroatoms. The zero-order valence-electron chi connectivity index (χ0n) is 15.0. The summed E-state index contributed by atoms with van der Waals surface area (Å²) in [5.74, 6) is 2.12. The van der Waals surface area contributed by atoms with E-state index in [2.05, 4.69) is 11.2 Å². The van der Waals surface area contributed by atoms with Gasteiger partial charge in [-0.15, -0.1) is 6.42 Å². The quantitative estimate of drug-likeness (QED) is 0.651. The highest BCUT2D eigenvalue weighted by molar-refractivity contribution is 6.04. The van der Waals surface area contributed by atoms with Crippen molar-refractivity contribution in [2.45, 2.75) is 6.61 Å². The van der Waals surface area contributed by atoms with Gasteiger partial charge in [0.15, 0.2) is 0 Å². The van der Waals surface area contributed by atoms with Crippen LogP contribution in [-0.4, -0.2) is 11.8 Å². The minimum absolute atomic E-state index is 0.192. The molecular weight excluding hydrogens is 352 g/mol. The first-order chi connectivity index (χ1) is 13.6. The molecule has 0 aliphatic carbocycles. The number of para-hydroxylation sites is 1. The van der Waals surface area contributed by atoms with Gasteiger partial charge in [-0.1, -0.05) is 36.3 Å². The van der Waals surface area contributed by atoms with Crippen LogP contribution in [-0.2, 0) is 6.61 Å². The summed E-state index contributed by atoms with van der Waals surface area (Å²) in [5, 5.41) is 2.82. The van der Waals surface area contributed by atoms with Gasteiger partial charge in [-0.25, -0.2) is 0 Å². The van der Waals surface area contributed by atoms with Crippen molar-refractivity contribution < 1.29 is 14.3 Å². The van der Waals surface area contributed by atoms with Crippen LogP contribution in [0.15, 0.2) is 72.8 Å². The summed E-state index contributed by atoms with van der Waals surface area (Å²) in [4.78, 5) is 24.0. The minimum Gasteiger partial charge on any atom is -0.488 e. The Bertz CT molecular complexity index is 1070. The summed E-state index contributed by atoms with van der Waals surface area (Å²) in [6.07, 6.45) is 5.39. The van der Waals surface area contributed by atoms with Crippen LogP contribution in [0.5, 0.6) is 5.75 Å². The van der Waals surface area contributed by atoms with Crippen molar-refractivity contribution in [3.05, 3.63) is 95.1 Å². The van der Waals surface area contributed by atoms with Gasteiger partial charge in [-0.3, -0.25) is 9.59 Å². The summed E-state index contributed by atoms with van der Waals surface area (Å²) >= 11 is 0. The first-order valence-corrected chi connectivity index (χ1v) is 8.55. The van der Waals surface area contributed by atoms with Gasteiger partial charge in [0.25, 0.3) is 11.8 Å². The molecule has 0 saturated heterocycles. The van der Waals surface area contributed by atoms with E-state index in [-0.39, 0.29) is 12.5 Å². The van der Waals surface area contributed by atoms with E-state index in [1.807, 2.05) is 6.07 Å². The lowest BCUT2D eigenvalue weighted by molar-refractivity contribution is 0.0994. The molecule has 0 atom stereocenters. The van der Waals surface area contributed by atoms with E-state index < -0.39 is 5.91 Å². The zero-order chi connectivity index (χ0) is 19.9. The molecule has 0 aliphatic heterocycles. The fourth-order valence-corrected chi connectivity index (χ4v) is 2.65. The fraction of sp³-hybridized carbons (Fsp3) is 0.0435. The van der Waals surface area contributed by atoms with Crippen molar-refractivity contribution in [2.24, 2.45) is 5.73 Å². The van der Waals surface area contributed by atoms with Gasteiger partial charge in [-0.2, -0.15) is 0 Å². The van der Waals surface area contributed by atoms with Crippen LogP contribution in [0.25, 0.3) is 0 Å². The highest BCUT2D eigenvalue weighted by Crippen LogP contribution is 2.19. The molecule has 0 aliphatic rings. The number of nitrogens with two attached hydrogens (primary N) is 1. The third kappa shape index (κ3) is 4.57. The van der Waals surface area contributed by atoms with Crippen molar-refractivity contribution in [1.29, 1.82) is 0 Å². The van der Waals surface area contributed by atoms with Crippen molar-refractivity contribution in [3.8, 4) is 18.1 Å². The number of primary amides is 1. The molecule has 3 N–H and O–H groups in total. The molecule has 5 nitrogen and oxygen atoms in total. The Morgan fingerprint density at radius 3 is 2.57 bits per heavy atom. The van der Waals surface area contributed by atoms with E-state index in [9.17, 15) is 9.59 Å². The topological polar surface area (TPSA) is 81.4 Å². The number of anilines is 1. The molecule has 0 fully saturated rings. The van der Waals surface area contributed by atoms with Crippen LogP contribution in [0.4, 0.5) is 5.69 Å². The highest BCUT2D eigenvalue weighted by Gasteiger charge is 2.10. The molecule has 0 bridgehead atoms. The normalized spacial score (nSPS) is 9.96. The molecule has 3 aromatic rings. The number of benzene rings is 3. The molecule has 0 spiro atoms. The van der Waals surface area contributed by atoms with Crippen LogP contribution in [0.2, 0.25) is 0 Å². The summed E-state index contributed by atoms with van der Waals surface area (Å²) in [5.41, 5.74) is 8.24. The Morgan fingerprint density at radius 2 is 1.79 bits per heavy atom. The minimum atomic E-state index is -0.557. The predicted molar refractivity (Wildman–Crippen MR) is 108 cm³/mol. The highest BCUT2D eigenvalue weighted by atomic mass is 16.5. The molecule has 0 radical (unpaired) electrons. The lowest BCUT2D eigenvalue weighted by atomic mass is 10.1. The predicted octanol–water partition coefficient (Wildman–Crippen LogP) is 3.60. The number of ether oxygens (including phenoxy) is 1. The number of rotatable bonds is 6. The molecular formula is C23H18N2O3. The average Bonchev–Trinajstić information content (AvgIpc) is 2.72. The Kier molecular flexibility index (Phi) is 5.73. The summed E-state index contributed by atoms with van der Waals surface area (Å²) in [7, 11) is 0. The number of hydrogen-bond donors (Lipinski definition) is 2. The lowest BCUT2D eigenvalue weighted by Crippen LogP contribution is -2.13. The Hall–Kier alpha value is -4.04. The zero-order valence-corrected chi connectivity index (χ0v) is 15.0. The third-order valence-corrected chi connectivity index (χ3v) is 4.02. The average molecular weight is 370 g/mol. The van der Waals surface area contributed by atoms with E-state index in [4.69, 9.17) is 16.9 Å². The molecule has 0 aromatic heterocycles. The van der Waals surface area contributed by atoms with Crippen molar-refractivity contribution in [3.63, 3.8) is 0 Å². The number of nitrogens with one attached hydrogen (secondary N) is 1. The second kappa shape index (κ2) is 8.56. The Balaban J connectivity index is 1.71. The van der Waals surface area contributed by atoms with Crippen LogP contribution in [0, 0.1) is 12.3 Å². The first kappa shape index (κ1) is 18.7. The molecule has 2 amide bonds. The Morgan fingerprint density at radius 1 is 1.00 bits per heavy atom. The standard InChI is InChI=1S/C23H18N2O3/c1-2-16-7-6-10-19(14-16)25-23(27)18-9-5-8-17(13-18)15-28-21-12-4-3-11-20(21)22(24)26/h1,3-14H,15H2,(H2,24,26)(H,25,27). The number of amides is 2. The fourth-order valence-electron chi connectivity index (χ4n) is 2.65. The maximum atomic E-state index is 12.5.